The van der Waals surface area contributed by atoms with E-state index in [1.165, 1.54) is 17.3 Å². The van der Waals surface area contributed by atoms with E-state index in [9.17, 15) is 0 Å². The second-order valence-electron chi connectivity index (χ2n) is 8.23. The van der Waals surface area contributed by atoms with Crippen LogP contribution >= 0.6 is 11.8 Å². The van der Waals surface area contributed by atoms with Crippen LogP contribution < -0.4 is 4.74 Å². The van der Waals surface area contributed by atoms with Gasteiger partial charge >= 0.3 is 0 Å². The number of nitrogens with zero attached hydrogens (tertiary/aromatic N) is 5. The van der Waals surface area contributed by atoms with Crippen molar-refractivity contribution in [3.8, 4) is 22.8 Å². The van der Waals surface area contributed by atoms with Crippen molar-refractivity contribution < 1.29 is 9.26 Å². The van der Waals surface area contributed by atoms with Crippen molar-refractivity contribution in [1.29, 1.82) is 0 Å². The highest BCUT2D eigenvalue weighted by Gasteiger charge is 2.23. The summed E-state index contributed by atoms with van der Waals surface area (Å²) in [6.45, 7) is 8.21. The molecular weight excluding hydrogens is 410 g/mol. The summed E-state index contributed by atoms with van der Waals surface area (Å²) in [5.74, 6) is 3.24. The molecule has 0 spiro atoms. The minimum Gasteiger partial charge on any atom is -0.496 e. The van der Waals surface area contributed by atoms with Gasteiger partial charge in [-0.15, -0.1) is 10.2 Å². The van der Waals surface area contributed by atoms with Gasteiger partial charge in [0.1, 0.15) is 5.75 Å². The Morgan fingerprint density at radius 3 is 2.45 bits per heavy atom. The topological polar surface area (TPSA) is 78.9 Å². The van der Waals surface area contributed by atoms with E-state index >= 15 is 0 Å². The van der Waals surface area contributed by atoms with Crippen LogP contribution in [0.15, 0.2) is 58.2 Å². The van der Waals surface area contributed by atoms with Gasteiger partial charge in [0.25, 0.3) is 0 Å². The SMILES string of the molecule is COc1ccccc1-c1nnc(SCc2noc(C(C)(C)C)n2)n1-c1ccc(C)cc1. The van der Waals surface area contributed by atoms with Crippen LogP contribution in [-0.2, 0) is 11.2 Å². The average molecular weight is 436 g/mol. The van der Waals surface area contributed by atoms with Crippen molar-refractivity contribution in [2.24, 2.45) is 0 Å². The lowest BCUT2D eigenvalue weighted by Crippen LogP contribution is -2.11. The van der Waals surface area contributed by atoms with E-state index in [1.807, 2.05) is 49.6 Å². The molecule has 0 aliphatic carbocycles. The molecule has 0 fully saturated rings. The van der Waals surface area contributed by atoms with Crippen molar-refractivity contribution in [3.05, 3.63) is 65.8 Å². The molecule has 0 saturated carbocycles. The van der Waals surface area contributed by atoms with Gasteiger partial charge in [-0.1, -0.05) is 67.5 Å². The van der Waals surface area contributed by atoms with E-state index in [1.54, 1.807) is 7.11 Å². The Morgan fingerprint density at radius 2 is 1.77 bits per heavy atom. The fourth-order valence-electron chi connectivity index (χ4n) is 3.04. The van der Waals surface area contributed by atoms with Crippen molar-refractivity contribution in [1.82, 2.24) is 24.9 Å². The molecule has 4 aromatic rings. The molecule has 0 N–H and O–H groups in total. The van der Waals surface area contributed by atoms with Crippen molar-refractivity contribution >= 4 is 11.8 Å². The number of hydrogen-bond acceptors (Lipinski definition) is 7. The van der Waals surface area contributed by atoms with Gasteiger partial charge in [-0.3, -0.25) is 4.57 Å². The normalized spacial score (nSPS) is 11.6. The van der Waals surface area contributed by atoms with Gasteiger partial charge in [0.15, 0.2) is 16.8 Å². The number of benzene rings is 2. The molecule has 8 heteroatoms. The van der Waals surface area contributed by atoms with Gasteiger partial charge in [0.2, 0.25) is 5.89 Å². The zero-order valence-electron chi connectivity index (χ0n) is 18.3. The predicted molar refractivity (Wildman–Crippen MR) is 121 cm³/mol. The van der Waals surface area contributed by atoms with Crippen molar-refractivity contribution in [2.45, 2.75) is 44.0 Å². The third kappa shape index (κ3) is 4.49. The molecule has 160 valence electrons. The van der Waals surface area contributed by atoms with E-state index < -0.39 is 0 Å². The molecule has 4 rings (SSSR count). The lowest BCUT2D eigenvalue weighted by molar-refractivity contribution is 0.319. The van der Waals surface area contributed by atoms with Crippen LogP contribution in [0, 0.1) is 6.92 Å². The summed E-state index contributed by atoms with van der Waals surface area (Å²) in [4.78, 5) is 4.53. The number of thioether (sulfide) groups is 1. The molecule has 0 unspecified atom stereocenters. The van der Waals surface area contributed by atoms with Crippen molar-refractivity contribution in [2.75, 3.05) is 7.11 Å². The first-order valence-electron chi connectivity index (χ1n) is 9.98. The van der Waals surface area contributed by atoms with Gasteiger partial charge in [0, 0.05) is 11.1 Å². The quantitative estimate of drug-likeness (QED) is 0.384. The predicted octanol–water partition coefficient (Wildman–Crippen LogP) is 5.22. The second kappa shape index (κ2) is 8.55. The standard InChI is InChI=1S/C23H25N5O2S/c1-15-10-12-16(13-11-15)28-20(17-8-6-7-9-18(17)29-5)25-26-22(28)31-14-19-24-21(30-27-19)23(2,3)4/h6-13H,14H2,1-5H3. The molecule has 0 atom stereocenters. The van der Waals surface area contributed by atoms with Gasteiger partial charge in [-0.25, -0.2) is 0 Å². The van der Waals surface area contributed by atoms with Crippen LogP contribution in [0.1, 0.15) is 38.0 Å². The first kappa shape index (κ1) is 21.1. The number of aromatic nitrogens is 5. The molecule has 2 aromatic heterocycles. The van der Waals surface area contributed by atoms with Crippen LogP contribution in [-0.4, -0.2) is 32.0 Å². The molecule has 0 amide bonds. The van der Waals surface area contributed by atoms with Crippen LogP contribution in [0.5, 0.6) is 5.75 Å². The Morgan fingerprint density at radius 1 is 1.03 bits per heavy atom. The highest BCUT2D eigenvalue weighted by atomic mass is 32.2. The van der Waals surface area contributed by atoms with Gasteiger partial charge in [0.05, 0.1) is 18.4 Å². The lowest BCUT2D eigenvalue weighted by Gasteiger charge is -2.12. The molecule has 0 radical (unpaired) electrons. The summed E-state index contributed by atoms with van der Waals surface area (Å²) in [6, 6.07) is 16.1. The summed E-state index contributed by atoms with van der Waals surface area (Å²) >= 11 is 1.52. The number of ether oxygens (including phenoxy) is 1. The first-order valence-corrected chi connectivity index (χ1v) is 11.0. The molecule has 0 aliphatic heterocycles. The summed E-state index contributed by atoms with van der Waals surface area (Å²) in [5, 5.41) is 13.8. The van der Waals surface area contributed by atoms with Crippen LogP contribution in [0.25, 0.3) is 17.1 Å². The van der Waals surface area contributed by atoms with E-state index in [0.29, 0.717) is 23.3 Å². The molecule has 31 heavy (non-hydrogen) atoms. The Labute approximate surface area is 185 Å². The Hall–Kier alpha value is -3.13. The van der Waals surface area contributed by atoms with Crippen LogP contribution in [0.3, 0.4) is 0 Å². The van der Waals surface area contributed by atoms with Crippen LogP contribution in [0.2, 0.25) is 0 Å². The van der Waals surface area contributed by atoms with E-state index in [4.69, 9.17) is 9.26 Å². The summed E-state index contributed by atoms with van der Waals surface area (Å²) < 4.78 is 13.0. The van der Waals surface area contributed by atoms with Gasteiger partial charge < -0.3 is 9.26 Å². The molecule has 0 aliphatic rings. The molecule has 2 aromatic carbocycles. The molecule has 7 nitrogen and oxygen atoms in total. The summed E-state index contributed by atoms with van der Waals surface area (Å²) in [7, 11) is 1.66. The monoisotopic (exact) mass is 435 g/mol. The van der Waals surface area contributed by atoms with E-state index in [0.717, 1.165) is 22.2 Å². The minimum atomic E-state index is -0.186. The minimum absolute atomic E-state index is 0.186. The molecule has 0 bridgehead atoms. The molecule has 0 saturated heterocycles. The maximum atomic E-state index is 5.56. The fraction of sp³-hybridized carbons (Fsp3) is 0.304. The summed E-state index contributed by atoms with van der Waals surface area (Å²) in [5.41, 5.74) is 2.85. The van der Waals surface area contributed by atoms with Gasteiger partial charge in [-0.2, -0.15) is 4.98 Å². The first-order chi connectivity index (χ1) is 14.9. The number of para-hydroxylation sites is 1. The summed E-state index contributed by atoms with van der Waals surface area (Å²) in [6.07, 6.45) is 0. The maximum Gasteiger partial charge on any atom is 0.232 e. The lowest BCUT2D eigenvalue weighted by atomic mass is 9.97. The largest absolute Gasteiger partial charge is 0.496 e. The van der Waals surface area contributed by atoms with Crippen molar-refractivity contribution in [3.63, 3.8) is 0 Å². The zero-order valence-corrected chi connectivity index (χ0v) is 19.1. The number of methoxy groups -OCH3 is 1. The fourth-order valence-corrected chi connectivity index (χ4v) is 3.84. The van der Waals surface area contributed by atoms with E-state index in [-0.39, 0.29) is 5.41 Å². The average Bonchev–Trinajstić information content (AvgIpc) is 3.40. The third-order valence-corrected chi connectivity index (χ3v) is 5.64. The number of hydrogen-bond donors (Lipinski definition) is 0. The van der Waals surface area contributed by atoms with Crippen LogP contribution in [0.4, 0.5) is 0 Å². The Kier molecular flexibility index (Phi) is 5.82. The highest BCUT2D eigenvalue weighted by Crippen LogP contribution is 2.34. The Bertz CT molecular complexity index is 1180. The van der Waals surface area contributed by atoms with Gasteiger partial charge in [-0.05, 0) is 31.2 Å². The molecular formula is C23H25N5O2S. The maximum absolute atomic E-state index is 5.56. The smallest absolute Gasteiger partial charge is 0.232 e. The number of rotatable bonds is 6. The van der Waals surface area contributed by atoms with E-state index in [2.05, 4.69) is 51.5 Å². The second-order valence-corrected chi connectivity index (χ2v) is 9.17. The zero-order chi connectivity index (χ0) is 22.0. The third-order valence-electron chi connectivity index (χ3n) is 4.71. The number of aryl methyl sites for hydroxylation is 1. The highest BCUT2D eigenvalue weighted by molar-refractivity contribution is 7.98. The Balaban J connectivity index is 1.72. The molecule has 2 heterocycles.